The molecule has 7 heteroatoms. The third-order valence-corrected chi connectivity index (χ3v) is 3.49. The van der Waals surface area contributed by atoms with Crippen LogP contribution in [0.3, 0.4) is 0 Å². The second kappa shape index (κ2) is 6.51. The Morgan fingerprint density at radius 2 is 2.00 bits per heavy atom. The number of anilines is 1. The van der Waals surface area contributed by atoms with Crippen molar-refractivity contribution in [1.82, 2.24) is 19.5 Å². The number of benzene rings is 1. The van der Waals surface area contributed by atoms with Crippen LogP contribution in [-0.2, 0) is 6.54 Å². The molecule has 0 fully saturated rings. The van der Waals surface area contributed by atoms with Gasteiger partial charge in [0.05, 0.1) is 19.5 Å². The van der Waals surface area contributed by atoms with Crippen molar-refractivity contribution < 1.29 is 9.84 Å². The molecule has 2 aromatic heterocycles. The number of phenols is 1. The Morgan fingerprint density at radius 3 is 2.74 bits per heavy atom. The van der Waals surface area contributed by atoms with Gasteiger partial charge in [-0.15, -0.1) is 0 Å². The third-order valence-electron chi connectivity index (χ3n) is 3.49. The summed E-state index contributed by atoms with van der Waals surface area (Å²) < 4.78 is 7.43. The van der Waals surface area contributed by atoms with Crippen molar-refractivity contribution in [2.24, 2.45) is 0 Å². The van der Waals surface area contributed by atoms with E-state index in [9.17, 15) is 5.11 Å². The molecule has 3 aromatic rings. The Labute approximate surface area is 133 Å². The van der Waals surface area contributed by atoms with Crippen molar-refractivity contribution in [2.45, 2.75) is 26.3 Å². The Morgan fingerprint density at radius 1 is 1.22 bits per heavy atom. The molecule has 0 saturated carbocycles. The van der Waals surface area contributed by atoms with Crippen molar-refractivity contribution in [3.8, 4) is 11.8 Å². The molecule has 0 spiro atoms. The minimum absolute atomic E-state index is 0.238. The first kappa shape index (κ1) is 15.1. The molecule has 0 aliphatic rings. The van der Waals surface area contributed by atoms with Crippen LogP contribution in [0.2, 0.25) is 0 Å². The predicted molar refractivity (Wildman–Crippen MR) is 87.3 cm³/mol. The molecule has 0 unspecified atom stereocenters. The van der Waals surface area contributed by atoms with Gasteiger partial charge in [0.25, 0.3) is 0 Å². The molecule has 0 atom stereocenters. The normalized spacial score (nSPS) is 11.0. The molecular formula is C16H19N5O2. The molecule has 1 aromatic carbocycles. The largest absolute Gasteiger partial charge is 0.508 e. The van der Waals surface area contributed by atoms with E-state index < -0.39 is 0 Å². The van der Waals surface area contributed by atoms with Gasteiger partial charge in [0.1, 0.15) is 5.75 Å². The number of nitrogens with two attached hydrogens (primary N) is 1. The van der Waals surface area contributed by atoms with Gasteiger partial charge in [-0.25, -0.2) is 4.98 Å². The van der Waals surface area contributed by atoms with Gasteiger partial charge in [0, 0.05) is 0 Å². The molecule has 0 amide bonds. The van der Waals surface area contributed by atoms with Crippen LogP contribution in [0.15, 0.2) is 30.6 Å². The Balaban J connectivity index is 1.89. The highest BCUT2D eigenvalue weighted by molar-refractivity contribution is 5.81. The fourth-order valence-corrected chi connectivity index (χ4v) is 2.23. The molecule has 0 saturated heterocycles. The van der Waals surface area contributed by atoms with E-state index in [1.807, 2.05) is 16.7 Å². The van der Waals surface area contributed by atoms with Gasteiger partial charge in [0.2, 0.25) is 0 Å². The van der Waals surface area contributed by atoms with Gasteiger partial charge in [-0.3, -0.25) is 0 Å². The summed E-state index contributed by atoms with van der Waals surface area (Å²) in [6.45, 7) is 3.23. The lowest BCUT2D eigenvalue weighted by atomic mass is 10.2. The molecule has 0 aliphatic heterocycles. The average molecular weight is 313 g/mol. The Hall–Kier alpha value is -2.83. The lowest BCUT2D eigenvalue weighted by Gasteiger charge is -2.07. The molecule has 7 nitrogen and oxygen atoms in total. The molecule has 0 aliphatic carbocycles. The fourth-order valence-electron chi connectivity index (χ4n) is 2.23. The lowest BCUT2D eigenvalue weighted by molar-refractivity contribution is 0.286. The van der Waals surface area contributed by atoms with E-state index in [1.54, 1.807) is 18.5 Å². The second-order valence-corrected chi connectivity index (χ2v) is 5.30. The Bertz CT molecular complexity index is 798. The molecular weight excluding hydrogens is 294 g/mol. The molecule has 0 radical (unpaired) electrons. The number of unbranched alkanes of at least 4 members (excludes halogenated alkanes) is 1. The molecule has 120 valence electrons. The van der Waals surface area contributed by atoms with Crippen molar-refractivity contribution >= 4 is 17.0 Å². The zero-order chi connectivity index (χ0) is 16.2. The van der Waals surface area contributed by atoms with Crippen LogP contribution >= 0.6 is 0 Å². The number of hydrogen-bond donors (Lipinski definition) is 2. The molecule has 23 heavy (non-hydrogen) atoms. The van der Waals surface area contributed by atoms with Gasteiger partial charge >= 0.3 is 6.01 Å². The summed E-state index contributed by atoms with van der Waals surface area (Å²) in [7, 11) is 0. The fraction of sp³-hybridized carbons (Fsp3) is 0.312. The number of aromatic hydroxyl groups is 1. The minimum Gasteiger partial charge on any atom is -0.508 e. The van der Waals surface area contributed by atoms with Crippen molar-refractivity contribution in [1.29, 1.82) is 0 Å². The van der Waals surface area contributed by atoms with Crippen LogP contribution in [0.4, 0.5) is 5.82 Å². The van der Waals surface area contributed by atoms with E-state index in [1.165, 1.54) is 0 Å². The number of fused-ring (bicyclic) bond motifs is 1. The average Bonchev–Trinajstić information content (AvgIpc) is 2.93. The first-order valence-corrected chi connectivity index (χ1v) is 7.56. The SMILES string of the molecule is CCCCOc1nc(N)c2ncn(Cc3ccc(O)cc3)c2n1. The van der Waals surface area contributed by atoms with E-state index in [4.69, 9.17) is 10.5 Å². The smallest absolute Gasteiger partial charge is 0.320 e. The van der Waals surface area contributed by atoms with Crippen LogP contribution in [-0.4, -0.2) is 31.2 Å². The maximum Gasteiger partial charge on any atom is 0.320 e. The van der Waals surface area contributed by atoms with E-state index in [-0.39, 0.29) is 11.8 Å². The quantitative estimate of drug-likeness (QED) is 0.678. The van der Waals surface area contributed by atoms with Crippen LogP contribution in [0.25, 0.3) is 11.2 Å². The van der Waals surface area contributed by atoms with Crippen LogP contribution in [0.5, 0.6) is 11.8 Å². The van der Waals surface area contributed by atoms with Crippen LogP contribution in [0, 0.1) is 0 Å². The van der Waals surface area contributed by atoms with Gasteiger partial charge < -0.3 is 20.1 Å². The van der Waals surface area contributed by atoms with Gasteiger partial charge in [0.15, 0.2) is 17.0 Å². The summed E-state index contributed by atoms with van der Waals surface area (Å²) >= 11 is 0. The summed E-state index contributed by atoms with van der Waals surface area (Å²) in [4.78, 5) is 12.8. The summed E-state index contributed by atoms with van der Waals surface area (Å²) in [5.74, 6) is 0.549. The maximum atomic E-state index is 9.36. The lowest BCUT2D eigenvalue weighted by Crippen LogP contribution is -2.05. The van der Waals surface area contributed by atoms with Crippen molar-refractivity contribution in [2.75, 3.05) is 12.3 Å². The minimum atomic E-state index is 0.238. The standard InChI is InChI=1S/C16H19N5O2/c1-2-3-8-23-16-19-14(17)13-15(20-16)21(10-18-13)9-11-4-6-12(22)7-5-11/h4-7,10,22H,2-3,8-9H2,1H3,(H2,17,19,20). The zero-order valence-corrected chi connectivity index (χ0v) is 12.9. The number of phenolic OH excluding ortho intramolecular Hbond substituents is 1. The first-order valence-electron chi connectivity index (χ1n) is 7.56. The summed E-state index contributed by atoms with van der Waals surface area (Å²) in [5, 5.41) is 9.36. The number of nitrogens with zero attached hydrogens (tertiary/aromatic N) is 4. The highest BCUT2D eigenvalue weighted by atomic mass is 16.5. The second-order valence-electron chi connectivity index (χ2n) is 5.30. The number of rotatable bonds is 6. The molecule has 2 heterocycles. The van der Waals surface area contributed by atoms with Gasteiger partial charge in [-0.05, 0) is 24.1 Å². The number of hydrogen-bond acceptors (Lipinski definition) is 6. The summed E-state index contributed by atoms with van der Waals surface area (Å²) in [6, 6.07) is 7.28. The van der Waals surface area contributed by atoms with E-state index >= 15 is 0 Å². The predicted octanol–water partition coefficient (Wildman–Crippen LogP) is 2.34. The van der Waals surface area contributed by atoms with Gasteiger partial charge in [-0.1, -0.05) is 25.5 Å². The zero-order valence-electron chi connectivity index (χ0n) is 12.9. The first-order chi connectivity index (χ1) is 11.2. The van der Waals surface area contributed by atoms with E-state index in [0.717, 1.165) is 18.4 Å². The van der Waals surface area contributed by atoms with Crippen molar-refractivity contribution in [3.05, 3.63) is 36.2 Å². The Kier molecular flexibility index (Phi) is 4.27. The van der Waals surface area contributed by atoms with E-state index in [2.05, 4.69) is 21.9 Å². The highest BCUT2D eigenvalue weighted by Crippen LogP contribution is 2.21. The number of imidazole rings is 1. The number of nitrogen functional groups attached to an aromatic ring is 1. The topological polar surface area (TPSA) is 99.1 Å². The molecule has 3 N–H and O–H groups in total. The van der Waals surface area contributed by atoms with Crippen molar-refractivity contribution in [3.63, 3.8) is 0 Å². The number of aromatic nitrogens is 4. The molecule has 3 rings (SSSR count). The summed E-state index contributed by atoms with van der Waals surface area (Å²) in [5.41, 5.74) is 8.17. The third kappa shape index (κ3) is 3.33. The van der Waals surface area contributed by atoms with Crippen LogP contribution in [0.1, 0.15) is 25.3 Å². The monoisotopic (exact) mass is 313 g/mol. The highest BCUT2D eigenvalue weighted by Gasteiger charge is 2.12. The van der Waals surface area contributed by atoms with Crippen LogP contribution < -0.4 is 10.5 Å². The summed E-state index contributed by atoms with van der Waals surface area (Å²) in [6.07, 6.45) is 3.66. The van der Waals surface area contributed by atoms with Gasteiger partial charge in [-0.2, -0.15) is 9.97 Å². The number of ether oxygens (including phenoxy) is 1. The molecule has 0 bridgehead atoms. The maximum absolute atomic E-state index is 9.36. The van der Waals surface area contributed by atoms with E-state index in [0.29, 0.717) is 30.1 Å².